The van der Waals surface area contributed by atoms with E-state index in [1.165, 1.54) is 26.8 Å². The van der Waals surface area contributed by atoms with Crippen LogP contribution in [0, 0.1) is 6.92 Å². The van der Waals surface area contributed by atoms with Crippen molar-refractivity contribution in [3.63, 3.8) is 0 Å². The van der Waals surface area contributed by atoms with E-state index in [0.29, 0.717) is 56.6 Å². The number of sulfonamides is 2. The van der Waals surface area contributed by atoms with E-state index >= 15 is 0 Å². The van der Waals surface area contributed by atoms with Crippen LogP contribution in [0.3, 0.4) is 0 Å². The summed E-state index contributed by atoms with van der Waals surface area (Å²) in [7, 11) is -7.38. The summed E-state index contributed by atoms with van der Waals surface area (Å²) >= 11 is 0. The highest BCUT2D eigenvalue weighted by Gasteiger charge is 2.30. The van der Waals surface area contributed by atoms with E-state index in [9.17, 15) is 21.6 Å². The van der Waals surface area contributed by atoms with Crippen LogP contribution in [0.25, 0.3) is 0 Å². The third-order valence-electron chi connectivity index (χ3n) is 6.68. The molecule has 0 radical (unpaired) electrons. The van der Waals surface area contributed by atoms with Gasteiger partial charge in [0, 0.05) is 51.0 Å². The van der Waals surface area contributed by atoms with Crippen molar-refractivity contribution in [2.75, 3.05) is 64.3 Å². The highest BCUT2D eigenvalue weighted by Crippen LogP contribution is 2.33. The lowest BCUT2D eigenvalue weighted by Crippen LogP contribution is -2.50. The third kappa shape index (κ3) is 5.96. The molecule has 208 valence electrons. The number of piperazine rings is 1. The van der Waals surface area contributed by atoms with E-state index < -0.39 is 20.0 Å². The predicted molar refractivity (Wildman–Crippen MR) is 143 cm³/mol. The summed E-state index contributed by atoms with van der Waals surface area (Å²) in [5.74, 6) is 0.642. The quantitative estimate of drug-likeness (QED) is 0.487. The van der Waals surface area contributed by atoms with Gasteiger partial charge in [-0.15, -0.1) is 0 Å². The number of benzene rings is 2. The molecule has 1 fully saturated rings. The highest BCUT2D eigenvalue weighted by atomic mass is 32.2. The molecule has 2 aromatic rings. The topological polar surface area (TPSA) is 126 Å². The maximum absolute atomic E-state index is 13.2. The fourth-order valence-corrected chi connectivity index (χ4v) is 7.39. The Morgan fingerprint density at radius 1 is 0.895 bits per heavy atom. The first kappa shape index (κ1) is 28.3. The normalized spacial score (nSPS) is 16.9. The number of hydrogen-bond donors (Lipinski definition) is 1. The van der Waals surface area contributed by atoms with Gasteiger partial charge >= 0.3 is 0 Å². The molecular formula is C25H34N4O7S2. The number of amides is 1. The Labute approximate surface area is 224 Å². The molecule has 0 bridgehead atoms. The van der Waals surface area contributed by atoms with Crippen LogP contribution in [-0.2, 0) is 24.8 Å². The molecule has 2 aliphatic heterocycles. The molecule has 0 unspecified atom stereocenters. The van der Waals surface area contributed by atoms with Gasteiger partial charge < -0.3 is 14.8 Å². The molecule has 38 heavy (non-hydrogen) atoms. The fourth-order valence-electron chi connectivity index (χ4n) is 4.46. The number of nitrogens with one attached hydrogen (secondary N) is 1. The van der Waals surface area contributed by atoms with Gasteiger partial charge in [-0.25, -0.2) is 16.8 Å². The second-order valence-corrected chi connectivity index (χ2v) is 13.0. The monoisotopic (exact) mass is 566 g/mol. The first-order chi connectivity index (χ1) is 18.1. The lowest BCUT2D eigenvalue weighted by atomic mass is 10.2. The molecule has 2 aromatic carbocycles. The maximum atomic E-state index is 13.2. The second-order valence-electron chi connectivity index (χ2n) is 9.10. The van der Waals surface area contributed by atoms with Crippen molar-refractivity contribution in [3.8, 4) is 11.5 Å². The summed E-state index contributed by atoms with van der Waals surface area (Å²) in [6.45, 7) is 8.14. The fraction of sp³-hybridized carbons (Fsp3) is 0.480. The van der Waals surface area contributed by atoms with E-state index in [1.54, 1.807) is 39.0 Å². The van der Waals surface area contributed by atoms with Crippen molar-refractivity contribution in [1.29, 1.82) is 0 Å². The van der Waals surface area contributed by atoms with Crippen molar-refractivity contribution in [3.05, 3.63) is 42.0 Å². The Morgan fingerprint density at radius 3 is 2.18 bits per heavy atom. The molecule has 13 heteroatoms. The summed E-state index contributed by atoms with van der Waals surface area (Å²) in [5.41, 5.74) is 1.18. The first-order valence-corrected chi connectivity index (χ1v) is 15.5. The van der Waals surface area contributed by atoms with Crippen LogP contribution in [0.1, 0.15) is 19.4 Å². The lowest BCUT2D eigenvalue weighted by Gasteiger charge is -2.33. The Morgan fingerprint density at radius 2 is 1.53 bits per heavy atom. The maximum Gasteiger partial charge on any atom is 0.243 e. The number of carbonyl (C=O) groups excluding carboxylic acids is 1. The molecule has 0 aromatic heterocycles. The van der Waals surface area contributed by atoms with Crippen molar-refractivity contribution >= 4 is 31.6 Å². The first-order valence-electron chi connectivity index (χ1n) is 12.6. The summed E-state index contributed by atoms with van der Waals surface area (Å²) < 4.78 is 65.8. The third-order valence-corrected chi connectivity index (χ3v) is 10.6. The summed E-state index contributed by atoms with van der Waals surface area (Å²) in [4.78, 5) is 14.9. The van der Waals surface area contributed by atoms with Crippen molar-refractivity contribution in [1.82, 2.24) is 13.5 Å². The Balaban J connectivity index is 1.36. The van der Waals surface area contributed by atoms with Gasteiger partial charge in [0.1, 0.15) is 13.2 Å². The molecule has 0 spiro atoms. The summed E-state index contributed by atoms with van der Waals surface area (Å²) in [6.07, 6.45) is 0. The number of rotatable bonds is 9. The van der Waals surface area contributed by atoms with E-state index in [0.717, 1.165) is 5.56 Å². The second kappa shape index (κ2) is 11.6. The van der Waals surface area contributed by atoms with Crippen LogP contribution in [0.2, 0.25) is 0 Å². The molecule has 1 N–H and O–H groups in total. The van der Waals surface area contributed by atoms with Gasteiger partial charge in [0.25, 0.3) is 0 Å². The Hall–Kier alpha value is -2.71. The predicted octanol–water partition coefficient (Wildman–Crippen LogP) is 1.74. The molecule has 4 rings (SSSR count). The van der Waals surface area contributed by atoms with Gasteiger partial charge in [-0.2, -0.15) is 8.61 Å². The molecule has 0 atom stereocenters. The van der Waals surface area contributed by atoms with Crippen LogP contribution >= 0.6 is 0 Å². The number of carbonyl (C=O) groups is 1. The van der Waals surface area contributed by atoms with Crippen LogP contribution in [0.4, 0.5) is 5.69 Å². The average Bonchev–Trinajstić information content (AvgIpc) is 2.90. The number of hydrogen-bond acceptors (Lipinski definition) is 8. The standard InChI is InChI=1S/C25H34N4O7S2/c1-4-28(5-2)37(31,32)20-7-6-19(3)22(16-20)26-25(30)18-27-10-12-29(13-11-27)38(33,34)21-8-9-23-24(17-21)36-15-14-35-23/h6-9,16-17H,4-5,10-15,18H2,1-3H3,(H,26,30). The SMILES string of the molecule is CCN(CC)S(=O)(=O)c1ccc(C)c(NC(=O)CN2CCN(S(=O)(=O)c3ccc4c(c3)OCCO4)CC2)c1. The van der Waals surface area contributed by atoms with Crippen molar-refractivity contribution in [2.24, 2.45) is 0 Å². The van der Waals surface area contributed by atoms with Crippen LogP contribution < -0.4 is 14.8 Å². The summed E-state index contributed by atoms with van der Waals surface area (Å²) in [5, 5.41) is 2.82. The zero-order chi connectivity index (χ0) is 27.5. The molecule has 1 amide bonds. The molecule has 0 saturated carbocycles. The molecule has 11 nitrogen and oxygen atoms in total. The van der Waals surface area contributed by atoms with E-state index in [2.05, 4.69) is 5.32 Å². The van der Waals surface area contributed by atoms with Crippen LogP contribution in [-0.4, -0.2) is 95.3 Å². The van der Waals surface area contributed by atoms with Gasteiger partial charge in [0.2, 0.25) is 26.0 Å². The zero-order valence-electron chi connectivity index (χ0n) is 21.8. The number of anilines is 1. The van der Waals surface area contributed by atoms with Gasteiger partial charge in [-0.3, -0.25) is 9.69 Å². The zero-order valence-corrected chi connectivity index (χ0v) is 23.5. The van der Waals surface area contributed by atoms with Crippen molar-refractivity contribution in [2.45, 2.75) is 30.6 Å². The van der Waals surface area contributed by atoms with Gasteiger partial charge in [-0.1, -0.05) is 19.9 Å². The number of fused-ring (bicyclic) bond motifs is 1. The van der Waals surface area contributed by atoms with Gasteiger partial charge in [0.15, 0.2) is 11.5 Å². The lowest BCUT2D eigenvalue weighted by molar-refractivity contribution is -0.117. The molecule has 2 heterocycles. The Kier molecular flexibility index (Phi) is 8.62. The minimum Gasteiger partial charge on any atom is -0.486 e. The largest absolute Gasteiger partial charge is 0.486 e. The van der Waals surface area contributed by atoms with Crippen LogP contribution in [0.5, 0.6) is 11.5 Å². The van der Waals surface area contributed by atoms with Gasteiger partial charge in [0.05, 0.1) is 16.3 Å². The van der Waals surface area contributed by atoms with Crippen molar-refractivity contribution < 1.29 is 31.1 Å². The molecular weight excluding hydrogens is 532 g/mol. The minimum absolute atomic E-state index is 0.0599. The average molecular weight is 567 g/mol. The molecule has 1 saturated heterocycles. The number of ether oxygens (including phenoxy) is 2. The molecule has 0 aliphatic carbocycles. The molecule has 2 aliphatic rings. The van der Waals surface area contributed by atoms with E-state index in [4.69, 9.17) is 9.47 Å². The smallest absolute Gasteiger partial charge is 0.243 e. The minimum atomic E-state index is -3.72. The summed E-state index contributed by atoms with van der Waals surface area (Å²) in [6, 6.07) is 9.30. The number of aryl methyl sites for hydroxylation is 1. The van der Waals surface area contributed by atoms with Crippen LogP contribution in [0.15, 0.2) is 46.2 Å². The Bertz CT molecular complexity index is 1380. The van der Waals surface area contributed by atoms with E-state index in [1.807, 2.05) is 4.90 Å². The van der Waals surface area contributed by atoms with E-state index in [-0.39, 0.29) is 35.3 Å². The number of nitrogens with zero attached hydrogens (tertiary/aromatic N) is 3. The highest BCUT2D eigenvalue weighted by molar-refractivity contribution is 7.89. The van der Waals surface area contributed by atoms with Gasteiger partial charge in [-0.05, 0) is 36.8 Å².